The molecule has 0 aliphatic rings. The molecule has 8 heteroatoms. The van der Waals surface area contributed by atoms with Gasteiger partial charge in [0.05, 0.1) is 29.1 Å². The van der Waals surface area contributed by atoms with E-state index in [1.165, 1.54) is 12.1 Å². The Morgan fingerprint density at radius 1 is 1.11 bits per heavy atom. The Balaban J connectivity index is 1.83. The van der Waals surface area contributed by atoms with E-state index in [1.807, 2.05) is 13.1 Å². The molecule has 0 saturated heterocycles. The molecule has 0 unspecified atom stereocenters. The Kier molecular flexibility index (Phi) is 7.74. The second-order valence-electron chi connectivity index (χ2n) is 9.04. The summed E-state index contributed by atoms with van der Waals surface area (Å²) in [4.78, 5) is 31.5. The largest absolute Gasteiger partial charge is 0.462 e. The van der Waals surface area contributed by atoms with Crippen LogP contribution in [0, 0.1) is 5.82 Å². The molecule has 2 aromatic heterocycles. The van der Waals surface area contributed by atoms with E-state index >= 15 is 0 Å². The molecule has 2 N–H and O–H groups in total. The average Bonchev–Trinajstić information content (AvgIpc) is 3.23. The number of hydrogen-bond acceptors (Lipinski definition) is 5. The molecular formula is C28H33FN4O3. The number of anilines is 1. The highest BCUT2D eigenvalue weighted by Gasteiger charge is 2.18. The lowest BCUT2D eigenvalue weighted by atomic mass is 10.1. The monoisotopic (exact) mass is 492 g/mol. The number of nitrogens with one attached hydrogen (secondary N) is 2. The number of ether oxygens (including phenoxy) is 1. The van der Waals surface area contributed by atoms with Crippen molar-refractivity contribution in [3.05, 3.63) is 69.9 Å². The summed E-state index contributed by atoms with van der Waals surface area (Å²) in [7, 11) is 3.75. The zero-order valence-electron chi connectivity index (χ0n) is 21.3. The third-order valence-electron chi connectivity index (χ3n) is 6.44. The van der Waals surface area contributed by atoms with Crippen molar-refractivity contribution in [2.75, 3.05) is 32.6 Å². The van der Waals surface area contributed by atoms with Crippen LogP contribution in [-0.2, 0) is 11.3 Å². The van der Waals surface area contributed by atoms with Gasteiger partial charge in [-0.1, -0.05) is 19.8 Å². The number of aromatic amines is 1. The van der Waals surface area contributed by atoms with Crippen molar-refractivity contribution >= 4 is 33.5 Å². The van der Waals surface area contributed by atoms with Gasteiger partial charge in [0, 0.05) is 30.6 Å². The SMILES string of the molecule is CCCCCN(C)Cc1cc(C(=O)OCC)ccc1-n1ccc2c([nH]c3c(NC)cc(F)cc32)c1=O. The van der Waals surface area contributed by atoms with E-state index in [1.54, 1.807) is 42.9 Å². The van der Waals surface area contributed by atoms with Crippen LogP contribution in [-0.4, -0.2) is 47.7 Å². The highest BCUT2D eigenvalue weighted by molar-refractivity contribution is 6.10. The summed E-state index contributed by atoms with van der Waals surface area (Å²) >= 11 is 0. The first-order chi connectivity index (χ1) is 17.4. The van der Waals surface area contributed by atoms with Gasteiger partial charge in [-0.25, -0.2) is 9.18 Å². The number of halogens is 1. The molecule has 0 bridgehead atoms. The smallest absolute Gasteiger partial charge is 0.338 e. The lowest BCUT2D eigenvalue weighted by Gasteiger charge is -2.20. The number of carbonyl (C=O) groups excluding carboxylic acids is 1. The van der Waals surface area contributed by atoms with Crippen LogP contribution < -0.4 is 10.9 Å². The minimum absolute atomic E-state index is 0.245. The van der Waals surface area contributed by atoms with Gasteiger partial charge < -0.3 is 19.9 Å². The molecule has 0 aliphatic heterocycles. The van der Waals surface area contributed by atoms with Gasteiger partial charge in [0.2, 0.25) is 0 Å². The van der Waals surface area contributed by atoms with Crippen LogP contribution in [0.15, 0.2) is 47.4 Å². The number of benzene rings is 2. The number of carbonyl (C=O) groups is 1. The summed E-state index contributed by atoms with van der Waals surface area (Å²) < 4.78 is 21.0. The molecule has 0 saturated carbocycles. The minimum Gasteiger partial charge on any atom is -0.462 e. The third-order valence-corrected chi connectivity index (χ3v) is 6.44. The number of nitrogens with zero attached hydrogens (tertiary/aromatic N) is 2. The van der Waals surface area contributed by atoms with Gasteiger partial charge in [0.25, 0.3) is 5.56 Å². The van der Waals surface area contributed by atoms with Crippen LogP contribution in [0.2, 0.25) is 0 Å². The highest BCUT2D eigenvalue weighted by atomic mass is 19.1. The number of H-pyrrole nitrogens is 1. The maximum absolute atomic E-state index is 14.2. The predicted molar refractivity (Wildman–Crippen MR) is 143 cm³/mol. The van der Waals surface area contributed by atoms with Crippen molar-refractivity contribution in [1.82, 2.24) is 14.5 Å². The molecular weight excluding hydrogens is 459 g/mol. The van der Waals surface area contributed by atoms with Crippen molar-refractivity contribution in [1.29, 1.82) is 0 Å². The quantitative estimate of drug-likeness (QED) is 0.227. The standard InChI is InChI=1S/C28H33FN4O3/c1-5-7-8-12-32(4)17-19-14-18(28(35)36-6-2)9-10-24(19)33-13-11-21-22-15-20(29)16-23(30-3)25(22)31-26(21)27(33)34/h9-11,13-16,30-31H,5-8,12,17H2,1-4H3. The van der Waals surface area contributed by atoms with Crippen LogP contribution in [0.1, 0.15) is 49.0 Å². The van der Waals surface area contributed by atoms with Crippen LogP contribution in [0.25, 0.3) is 27.5 Å². The lowest BCUT2D eigenvalue weighted by Crippen LogP contribution is -2.23. The maximum atomic E-state index is 14.2. The number of pyridine rings is 1. The van der Waals surface area contributed by atoms with E-state index < -0.39 is 0 Å². The summed E-state index contributed by atoms with van der Waals surface area (Å²) in [5.74, 6) is -0.765. The van der Waals surface area contributed by atoms with E-state index in [-0.39, 0.29) is 17.3 Å². The topological polar surface area (TPSA) is 79.4 Å². The average molecular weight is 493 g/mol. The van der Waals surface area contributed by atoms with Gasteiger partial charge in [0.1, 0.15) is 11.3 Å². The molecule has 190 valence electrons. The first kappa shape index (κ1) is 25.4. The van der Waals surface area contributed by atoms with Gasteiger partial charge in [-0.05, 0) is 68.9 Å². The predicted octanol–water partition coefficient (Wildman–Crippen LogP) is 5.45. The Labute approximate surface area is 209 Å². The number of hydrogen-bond donors (Lipinski definition) is 2. The van der Waals surface area contributed by atoms with Crippen LogP contribution >= 0.6 is 0 Å². The lowest BCUT2D eigenvalue weighted by molar-refractivity contribution is 0.0526. The zero-order valence-corrected chi connectivity index (χ0v) is 21.3. The van der Waals surface area contributed by atoms with E-state index in [9.17, 15) is 14.0 Å². The Hall–Kier alpha value is -3.65. The normalized spacial score (nSPS) is 11.5. The molecule has 7 nitrogen and oxygen atoms in total. The van der Waals surface area contributed by atoms with Gasteiger partial charge in [0.15, 0.2) is 0 Å². The molecule has 0 spiro atoms. The summed E-state index contributed by atoms with van der Waals surface area (Å²) in [5.41, 5.74) is 3.40. The van der Waals surface area contributed by atoms with Crippen molar-refractivity contribution in [3.63, 3.8) is 0 Å². The van der Waals surface area contributed by atoms with Gasteiger partial charge >= 0.3 is 5.97 Å². The number of unbranched alkanes of at least 4 members (excludes halogenated alkanes) is 2. The number of fused-ring (bicyclic) bond motifs is 3. The fourth-order valence-corrected chi connectivity index (χ4v) is 4.64. The van der Waals surface area contributed by atoms with Crippen molar-refractivity contribution < 1.29 is 13.9 Å². The van der Waals surface area contributed by atoms with Crippen molar-refractivity contribution in [2.45, 2.75) is 39.7 Å². The van der Waals surface area contributed by atoms with E-state index in [0.717, 1.165) is 31.4 Å². The fourth-order valence-electron chi connectivity index (χ4n) is 4.64. The van der Waals surface area contributed by atoms with E-state index in [0.29, 0.717) is 51.9 Å². The second kappa shape index (κ2) is 11.0. The molecule has 2 heterocycles. The minimum atomic E-state index is -0.390. The Morgan fingerprint density at radius 2 is 1.92 bits per heavy atom. The summed E-state index contributed by atoms with van der Waals surface area (Å²) in [6, 6.07) is 9.93. The first-order valence-corrected chi connectivity index (χ1v) is 12.4. The Bertz CT molecular complexity index is 1460. The molecule has 0 radical (unpaired) electrons. The molecule has 36 heavy (non-hydrogen) atoms. The maximum Gasteiger partial charge on any atom is 0.338 e. The van der Waals surface area contributed by atoms with Gasteiger partial charge in [-0.15, -0.1) is 0 Å². The molecule has 0 amide bonds. The number of rotatable bonds is 10. The molecule has 4 rings (SSSR count). The summed E-state index contributed by atoms with van der Waals surface area (Å²) in [6.45, 7) is 5.71. The molecule has 2 aromatic carbocycles. The number of aromatic nitrogens is 2. The van der Waals surface area contributed by atoms with Crippen LogP contribution in [0.3, 0.4) is 0 Å². The summed E-state index contributed by atoms with van der Waals surface area (Å²) in [6.07, 6.45) is 5.06. The fraction of sp³-hybridized carbons (Fsp3) is 0.357. The molecule has 0 aliphatic carbocycles. The molecule has 0 fully saturated rings. The summed E-state index contributed by atoms with van der Waals surface area (Å²) in [5, 5.41) is 4.29. The zero-order chi connectivity index (χ0) is 25.8. The Morgan fingerprint density at radius 3 is 2.64 bits per heavy atom. The van der Waals surface area contributed by atoms with Crippen LogP contribution in [0.5, 0.6) is 0 Å². The first-order valence-electron chi connectivity index (χ1n) is 12.4. The van der Waals surface area contributed by atoms with E-state index in [2.05, 4.69) is 22.1 Å². The van der Waals surface area contributed by atoms with Gasteiger partial charge in [-0.2, -0.15) is 0 Å². The second-order valence-corrected chi connectivity index (χ2v) is 9.04. The molecule has 4 aromatic rings. The molecule has 0 atom stereocenters. The van der Waals surface area contributed by atoms with Crippen molar-refractivity contribution in [3.8, 4) is 5.69 Å². The van der Waals surface area contributed by atoms with E-state index in [4.69, 9.17) is 4.74 Å². The van der Waals surface area contributed by atoms with Crippen LogP contribution in [0.4, 0.5) is 10.1 Å². The van der Waals surface area contributed by atoms with Crippen molar-refractivity contribution in [2.24, 2.45) is 0 Å². The number of esters is 1. The van der Waals surface area contributed by atoms with Gasteiger partial charge in [-0.3, -0.25) is 9.36 Å². The highest BCUT2D eigenvalue weighted by Crippen LogP contribution is 2.30. The third kappa shape index (κ3) is 4.99.